The van der Waals surface area contributed by atoms with Crippen LogP contribution in [-0.2, 0) is 0 Å². The van der Waals surface area contributed by atoms with E-state index in [2.05, 4.69) is 28.4 Å². The number of hydrogen-bond donors (Lipinski definition) is 1. The molecule has 2 nitrogen and oxygen atoms in total. The number of nitrogens with one attached hydrogen (secondary N) is 1. The molecule has 0 saturated heterocycles. The van der Waals surface area contributed by atoms with Gasteiger partial charge in [-0.2, -0.15) is 0 Å². The minimum atomic E-state index is 0.672. The summed E-state index contributed by atoms with van der Waals surface area (Å²) in [6.07, 6.45) is 4.11. The van der Waals surface area contributed by atoms with Gasteiger partial charge in [0.15, 0.2) is 5.69 Å². The van der Waals surface area contributed by atoms with E-state index in [4.69, 9.17) is 6.57 Å². The molecule has 88 valence electrons. The fourth-order valence-corrected chi connectivity index (χ4v) is 1.61. The maximum Gasteiger partial charge on any atom is 0.187 e. The Bertz CT molecular complexity index is 572. The first-order chi connectivity index (χ1) is 8.81. The lowest BCUT2D eigenvalue weighted by Gasteiger charge is -1.99. The molecule has 2 heteroatoms. The SMILES string of the molecule is [C-]#[N+]c1ccc(/C=C/c2ccc(NC)cc2)cc1. The summed E-state index contributed by atoms with van der Waals surface area (Å²) in [4.78, 5) is 3.37. The first-order valence-electron chi connectivity index (χ1n) is 5.75. The lowest BCUT2D eigenvalue weighted by molar-refractivity contribution is 1.51. The first-order valence-corrected chi connectivity index (χ1v) is 5.75. The van der Waals surface area contributed by atoms with E-state index in [9.17, 15) is 0 Å². The Morgan fingerprint density at radius 1 is 0.889 bits per heavy atom. The molecule has 0 saturated carbocycles. The maximum absolute atomic E-state index is 6.89. The molecule has 0 fully saturated rings. The van der Waals surface area contributed by atoms with Crippen LogP contribution in [0.25, 0.3) is 17.0 Å². The Hall–Kier alpha value is -2.53. The van der Waals surface area contributed by atoms with Crippen molar-refractivity contribution >= 4 is 23.5 Å². The van der Waals surface area contributed by atoms with Crippen LogP contribution in [-0.4, -0.2) is 7.05 Å². The molecule has 0 amide bonds. The van der Waals surface area contributed by atoms with Crippen molar-refractivity contribution in [3.05, 3.63) is 71.1 Å². The normalized spacial score (nSPS) is 10.2. The van der Waals surface area contributed by atoms with Crippen molar-refractivity contribution in [3.63, 3.8) is 0 Å². The van der Waals surface area contributed by atoms with Gasteiger partial charge in [0.2, 0.25) is 0 Å². The van der Waals surface area contributed by atoms with Crippen molar-refractivity contribution < 1.29 is 0 Å². The summed E-state index contributed by atoms with van der Waals surface area (Å²) in [7, 11) is 1.91. The fraction of sp³-hybridized carbons (Fsp3) is 0.0625. The molecule has 0 aliphatic carbocycles. The van der Waals surface area contributed by atoms with Crippen LogP contribution < -0.4 is 5.32 Å². The van der Waals surface area contributed by atoms with Gasteiger partial charge < -0.3 is 5.32 Å². The van der Waals surface area contributed by atoms with E-state index in [1.165, 1.54) is 0 Å². The number of rotatable bonds is 3. The summed E-state index contributed by atoms with van der Waals surface area (Å²) >= 11 is 0. The summed E-state index contributed by atoms with van der Waals surface area (Å²) in [5.74, 6) is 0. The predicted molar refractivity (Wildman–Crippen MR) is 77.6 cm³/mol. The summed E-state index contributed by atoms with van der Waals surface area (Å²) < 4.78 is 0. The van der Waals surface area contributed by atoms with Gasteiger partial charge in [-0.25, -0.2) is 4.85 Å². The summed E-state index contributed by atoms with van der Waals surface area (Å²) in [6.45, 7) is 6.89. The first kappa shape index (κ1) is 11.9. The van der Waals surface area contributed by atoms with Gasteiger partial charge in [-0.3, -0.25) is 0 Å². The molecule has 1 N–H and O–H groups in total. The van der Waals surface area contributed by atoms with Crippen molar-refractivity contribution in [1.82, 2.24) is 0 Å². The highest BCUT2D eigenvalue weighted by molar-refractivity contribution is 5.71. The largest absolute Gasteiger partial charge is 0.388 e. The lowest BCUT2D eigenvalue weighted by Crippen LogP contribution is -1.86. The van der Waals surface area contributed by atoms with Crippen LogP contribution >= 0.6 is 0 Å². The number of benzene rings is 2. The minimum Gasteiger partial charge on any atom is -0.388 e. The van der Waals surface area contributed by atoms with E-state index in [1.807, 2.05) is 49.5 Å². The van der Waals surface area contributed by atoms with Gasteiger partial charge in [0.1, 0.15) is 0 Å². The third-order valence-electron chi connectivity index (χ3n) is 2.69. The zero-order valence-electron chi connectivity index (χ0n) is 10.2. The Morgan fingerprint density at radius 3 is 1.83 bits per heavy atom. The molecule has 0 aromatic heterocycles. The molecular weight excluding hydrogens is 220 g/mol. The van der Waals surface area contributed by atoms with Crippen molar-refractivity contribution in [2.24, 2.45) is 0 Å². The molecule has 2 aromatic rings. The van der Waals surface area contributed by atoms with Crippen LogP contribution in [0.2, 0.25) is 0 Å². The smallest absolute Gasteiger partial charge is 0.187 e. The maximum atomic E-state index is 6.89. The molecule has 0 unspecified atom stereocenters. The van der Waals surface area contributed by atoms with Gasteiger partial charge in [0, 0.05) is 12.7 Å². The topological polar surface area (TPSA) is 16.4 Å². The molecule has 0 atom stereocenters. The van der Waals surface area contributed by atoms with E-state index < -0.39 is 0 Å². The quantitative estimate of drug-likeness (QED) is 0.613. The van der Waals surface area contributed by atoms with Gasteiger partial charge in [0.05, 0.1) is 6.57 Å². The number of anilines is 1. The van der Waals surface area contributed by atoms with Gasteiger partial charge in [-0.1, -0.05) is 48.6 Å². The Labute approximate surface area is 107 Å². The van der Waals surface area contributed by atoms with Gasteiger partial charge in [0.25, 0.3) is 0 Å². The molecule has 2 aromatic carbocycles. The van der Waals surface area contributed by atoms with E-state index in [-0.39, 0.29) is 0 Å². The van der Waals surface area contributed by atoms with Gasteiger partial charge in [-0.15, -0.1) is 0 Å². The monoisotopic (exact) mass is 234 g/mol. The zero-order valence-corrected chi connectivity index (χ0v) is 10.2. The second-order valence-corrected chi connectivity index (χ2v) is 3.91. The van der Waals surface area contributed by atoms with Crippen LogP contribution in [0.5, 0.6) is 0 Å². The molecule has 0 aliphatic rings. The van der Waals surface area contributed by atoms with Crippen LogP contribution in [0.1, 0.15) is 11.1 Å². The van der Waals surface area contributed by atoms with Crippen LogP contribution in [0, 0.1) is 6.57 Å². The van der Waals surface area contributed by atoms with E-state index in [0.29, 0.717) is 5.69 Å². The van der Waals surface area contributed by atoms with Crippen molar-refractivity contribution in [3.8, 4) is 0 Å². The molecule has 18 heavy (non-hydrogen) atoms. The molecule has 0 radical (unpaired) electrons. The molecule has 0 bridgehead atoms. The standard InChI is InChI=1S/C16H14N2/c1-17-15-9-5-13(6-10-15)3-4-14-7-11-16(18-2)12-8-14/h3-12,17H,1H3/b4-3+. The van der Waals surface area contributed by atoms with Crippen molar-refractivity contribution in [1.29, 1.82) is 0 Å². The summed E-state index contributed by atoms with van der Waals surface area (Å²) in [5.41, 5.74) is 4.03. The highest BCUT2D eigenvalue weighted by Gasteiger charge is 1.91. The summed E-state index contributed by atoms with van der Waals surface area (Å²) in [6, 6.07) is 15.8. The third-order valence-corrected chi connectivity index (χ3v) is 2.69. The van der Waals surface area contributed by atoms with E-state index in [0.717, 1.165) is 16.8 Å². The zero-order chi connectivity index (χ0) is 12.8. The molecule has 0 spiro atoms. The van der Waals surface area contributed by atoms with E-state index >= 15 is 0 Å². The third kappa shape index (κ3) is 2.99. The van der Waals surface area contributed by atoms with Gasteiger partial charge in [-0.05, 0) is 23.3 Å². The molecular formula is C16H14N2. The van der Waals surface area contributed by atoms with Crippen LogP contribution in [0.4, 0.5) is 11.4 Å². The highest BCUT2D eigenvalue weighted by Crippen LogP contribution is 2.15. The average molecular weight is 234 g/mol. The lowest BCUT2D eigenvalue weighted by atomic mass is 10.1. The van der Waals surface area contributed by atoms with E-state index in [1.54, 1.807) is 0 Å². The molecule has 2 rings (SSSR count). The van der Waals surface area contributed by atoms with Crippen LogP contribution in [0.15, 0.2) is 48.5 Å². The Kier molecular flexibility index (Phi) is 3.78. The second kappa shape index (κ2) is 5.70. The fourth-order valence-electron chi connectivity index (χ4n) is 1.61. The summed E-state index contributed by atoms with van der Waals surface area (Å²) in [5, 5.41) is 3.09. The minimum absolute atomic E-state index is 0.672. The predicted octanol–water partition coefficient (Wildman–Crippen LogP) is 4.45. The van der Waals surface area contributed by atoms with Crippen LogP contribution in [0.3, 0.4) is 0 Å². The Balaban J connectivity index is 2.11. The second-order valence-electron chi connectivity index (χ2n) is 3.91. The number of hydrogen-bond acceptors (Lipinski definition) is 1. The van der Waals surface area contributed by atoms with Crippen molar-refractivity contribution in [2.45, 2.75) is 0 Å². The Morgan fingerprint density at radius 2 is 1.39 bits per heavy atom. The van der Waals surface area contributed by atoms with Gasteiger partial charge >= 0.3 is 0 Å². The highest BCUT2D eigenvalue weighted by atomic mass is 14.8. The molecule has 0 heterocycles. The average Bonchev–Trinajstić information content (AvgIpc) is 2.46. The molecule has 0 aliphatic heterocycles. The van der Waals surface area contributed by atoms with Crippen molar-refractivity contribution in [2.75, 3.05) is 12.4 Å². The number of nitrogens with zero attached hydrogens (tertiary/aromatic N) is 1.